The minimum atomic E-state index is -3.65. The third-order valence-corrected chi connectivity index (χ3v) is 8.92. The van der Waals surface area contributed by atoms with Crippen LogP contribution in [0.2, 0.25) is 0 Å². The van der Waals surface area contributed by atoms with Crippen molar-refractivity contribution in [2.45, 2.75) is 50.5 Å². The number of hydrogen-bond donors (Lipinski definition) is 2. The van der Waals surface area contributed by atoms with E-state index in [9.17, 15) is 22.8 Å². The predicted molar refractivity (Wildman–Crippen MR) is 125 cm³/mol. The van der Waals surface area contributed by atoms with Crippen molar-refractivity contribution in [3.63, 3.8) is 0 Å². The summed E-state index contributed by atoms with van der Waals surface area (Å²) in [5.41, 5.74) is 1.04. The van der Waals surface area contributed by atoms with Gasteiger partial charge in [-0.05, 0) is 56.5 Å². The summed E-state index contributed by atoms with van der Waals surface area (Å²) in [6.45, 7) is 3.51. The van der Waals surface area contributed by atoms with Crippen molar-refractivity contribution in [1.82, 2.24) is 9.62 Å². The number of sulfonamides is 1. The molecule has 1 aromatic carbocycles. The first kappa shape index (κ1) is 24.9. The number of carbonyl (C=O) groups excluding carboxylic acids is 3. The first-order valence-electron chi connectivity index (χ1n) is 10.4. The third kappa shape index (κ3) is 5.26. The molecule has 0 spiro atoms. The molecule has 1 heterocycles. The monoisotopic (exact) mass is 493 g/mol. The minimum absolute atomic E-state index is 0.00200. The highest BCUT2D eigenvalue weighted by molar-refractivity contribution is 7.89. The van der Waals surface area contributed by atoms with Crippen molar-refractivity contribution in [1.29, 1.82) is 0 Å². The Labute approximate surface area is 197 Å². The van der Waals surface area contributed by atoms with Crippen LogP contribution in [0.3, 0.4) is 0 Å². The zero-order chi connectivity index (χ0) is 24.3. The molecule has 0 bridgehead atoms. The van der Waals surface area contributed by atoms with Crippen molar-refractivity contribution >= 4 is 44.3 Å². The zero-order valence-electron chi connectivity index (χ0n) is 18.9. The largest absolute Gasteiger partial charge is 0.453 e. The lowest BCUT2D eigenvalue weighted by Crippen LogP contribution is -2.35. The van der Waals surface area contributed by atoms with Crippen LogP contribution in [-0.2, 0) is 14.8 Å². The number of alkyl carbamates (subject to hydrolysis) is 1. The number of aryl methyl sites for hydroxylation is 1. The average Bonchev–Trinajstić information content (AvgIpc) is 3.41. The Hall–Kier alpha value is -2.76. The molecule has 1 aromatic heterocycles. The number of ether oxygens (including phenoxy) is 1. The molecule has 3 rings (SSSR count). The standard InChI is InChI=1S/C22H27N3O6S2/c1-13-14(2)32-21(18(13)20(27)24-22(28)31-4)23-19(26)15-9-11-17(12-10-15)33(29,30)25(3)16-7-5-6-8-16/h9-12,16H,5-8H2,1-4H3,(H,23,26)(H,24,27,28). The van der Waals surface area contributed by atoms with Gasteiger partial charge >= 0.3 is 6.09 Å². The van der Waals surface area contributed by atoms with E-state index < -0.39 is 27.9 Å². The normalized spacial score (nSPS) is 14.3. The van der Waals surface area contributed by atoms with Crippen LogP contribution in [0.5, 0.6) is 0 Å². The zero-order valence-corrected chi connectivity index (χ0v) is 20.6. The van der Waals surface area contributed by atoms with Crippen LogP contribution in [0, 0.1) is 13.8 Å². The van der Waals surface area contributed by atoms with Gasteiger partial charge in [-0.1, -0.05) is 12.8 Å². The number of amides is 3. The van der Waals surface area contributed by atoms with Gasteiger partial charge in [0.05, 0.1) is 17.6 Å². The summed E-state index contributed by atoms with van der Waals surface area (Å²) in [7, 11) is -0.914. The molecule has 11 heteroatoms. The lowest BCUT2D eigenvalue weighted by atomic mass is 10.1. The van der Waals surface area contributed by atoms with E-state index in [0.717, 1.165) is 37.7 Å². The fraction of sp³-hybridized carbons (Fsp3) is 0.409. The second-order valence-electron chi connectivity index (χ2n) is 7.87. The SMILES string of the molecule is COC(=O)NC(=O)c1c(NC(=O)c2ccc(S(=O)(=O)N(C)C3CCCC3)cc2)sc(C)c1C. The second kappa shape index (κ2) is 10.0. The highest BCUT2D eigenvalue weighted by atomic mass is 32.2. The number of nitrogens with one attached hydrogen (secondary N) is 2. The maximum absolute atomic E-state index is 12.9. The van der Waals surface area contributed by atoms with Crippen molar-refractivity contribution in [2.75, 3.05) is 19.5 Å². The first-order valence-corrected chi connectivity index (χ1v) is 12.7. The summed E-state index contributed by atoms with van der Waals surface area (Å²) in [6, 6.07) is 5.69. The van der Waals surface area contributed by atoms with Crippen molar-refractivity contribution < 1.29 is 27.5 Å². The molecule has 0 radical (unpaired) electrons. The number of benzene rings is 1. The van der Waals surface area contributed by atoms with Gasteiger partial charge in [0.15, 0.2) is 0 Å². The van der Waals surface area contributed by atoms with Crippen molar-refractivity contribution in [3.05, 3.63) is 45.8 Å². The summed E-state index contributed by atoms with van der Waals surface area (Å²) < 4.78 is 31.7. The molecule has 1 fully saturated rings. The molecule has 1 aliphatic carbocycles. The van der Waals surface area contributed by atoms with Crippen LogP contribution in [-0.4, -0.2) is 50.8 Å². The Bertz CT molecular complexity index is 1170. The number of imide groups is 1. The lowest BCUT2D eigenvalue weighted by Gasteiger charge is -2.23. The lowest BCUT2D eigenvalue weighted by molar-refractivity contribution is 0.0937. The Morgan fingerprint density at radius 2 is 1.67 bits per heavy atom. The summed E-state index contributed by atoms with van der Waals surface area (Å²) >= 11 is 1.20. The molecule has 1 saturated carbocycles. The van der Waals surface area contributed by atoms with E-state index in [1.807, 2.05) is 0 Å². The van der Waals surface area contributed by atoms with E-state index in [1.54, 1.807) is 20.9 Å². The van der Waals surface area contributed by atoms with Crippen LogP contribution in [0.4, 0.5) is 9.80 Å². The molecular formula is C22H27N3O6S2. The van der Waals surface area contributed by atoms with Gasteiger partial charge in [-0.3, -0.25) is 14.9 Å². The van der Waals surface area contributed by atoms with Gasteiger partial charge in [0.1, 0.15) is 5.00 Å². The van der Waals surface area contributed by atoms with Crippen LogP contribution < -0.4 is 10.6 Å². The van der Waals surface area contributed by atoms with Crippen molar-refractivity contribution in [2.24, 2.45) is 0 Å². The van der Waals surface area contributed by atoms with Gasteiger partial charge < -0.3 is 10.1 Å². The highest BCUT2D eigenvalue weighted by Gasteiger charge is 2.30. The number of nitrogens with zero attached hydrogens (tertiary/aromatic N) is 1. The smallest absolute Gasteiger partial charge is 0.413 e. The number of thiophene rings is 1. The van der Waals surface area contributed by atoms with Crippen molar-refractivity contribution in [3.8, 4) is 0 Å². The third-order valence-electron chi connectivity index (χ3n) is 5.87. The molecule has 9 nitrogen and oxygen atoms in total. The van der Waals surface area contributed by atoms with Gasteiger partial charge in [0, 0.05) is 23.5 Å². The van der Waals surface area contributed by atoms with Gasteiger partial charge in [-0.25, -0.2) is 13.2 Å². The van der Waals surface area contributed by atoms with E-state index in [2.05, 4.69) is 15.4 Å². The summed E-state index contributed by atoms with van der Waals surface area (Å²) in [6.07, 6.45) is 2.83. The average molecular weight is 494 g/mol. The Morgan fingerprint density at radius 3 is 2.24 bits per heavy atom. The molecule has 2 aromatic rings. The summed E-state index contributed by atoms with van der Waals surface area (Å²) in [4.78, 5) is 37.6. The molecule has 33 heavy (non-hydrogen) atoms. The maximum Gasteiger partial charge on any atom is 0.413 e. The van der Waals surface area contributed by atoms with E-state index in [1.165, 1.54) is 39.9 Å². The fourth-order valence-electron chi connectivity index (χ4n) is 3.78. The van der Waals surface area contributed by atoms with Gasteiger partial charge in [-0.15, -0.1) is 11.3 Å². The number of anilines is 1. The van der Waals surface area contributed by atoms with Gasteiger partial charge in [0.2, 0.25) is 10.0 Å². The Balaban J connectivity index is 1.78. The van der Waals surface area contributed by atoms with E-state index in [4.69, 9.17) is 0 Å². The van der Waals surface area contributed by atoms with Crippen LogP contribution in [0.25, 0.3) is 0 Å². The fourth-order valence-corrected chi connectivity index (χ4v) is 6.25. The molecule has 0 aliphatic heterocycles. The Morgan fingerprint density at radius 1 is 1.06 bits per heavy atom. The van der Waals surface area contributed by atoms with Gasteiger partial charge in [0.25, 0.3) is 11.8 Å². The molecule has 1 aliphatic rings. The number of hydrogen-bond acceptors (Lipinski definition) is 7. The predicted octanol–water partition coefficient (Wildman–Crippen LogP) is 3.68. The molecule has 3 amide bonds. The van der Waals surface area contributed by atoms with Crippen LogP contribution >= 0.6 is 11.3 Å². The van der Waals surface area contributed by atoms with E-state index in [0.29, 0.717) is 5.56 Å². The maximum atomic E-state index is 12.9. The van der Waals surface area contributed by atoms with Crippen LogP contribution in [0.1, 0.15) is 56.8 Å². The molecule has 0 atom stereocenters. The summed E-state index contributed by atoms with van der Waals surface area (Å²) in [5.74, 6) is -1.19. The number of rotatable bonds is 6. The molecule has 178 valence electrons. The molecule has 2 N–H and O–H groups in total. The van der Waals surface area contributed by atoms with E-state index >= 15 is 0 Å². The van der Waals surface area contributed by atoms with E-state index in [-0.39, 0.29) is 27.1 Å². The number of carbonyl (C=O) groups is 3. The molecule has 0 unspecified atom stereocenters. The topological polar surface area (TPSA) is 122 Å². The molecule has 0 saturated heterocycles. The Kier molecular flexibility index (Phi) is 7.55. The molecular weight excluding hydrogens is 466 g/mol. The summed E-state index contributed by atoms with van der Waals surface area (Å²) in [5, 5.41) is 5.07. The first-order chi connectivity index (χ1) is 15.6. The number of methoxy groups -OCH3 is 1. The minimum Gasteiger partial charge on any atom is -0.453 e. The second-order valence-corrected chi connectivity index (χ2v) is 11.1. The van der Waals surface area contributed by atoms with Gasteiger partial charge in [-0.2, -0.15) is 4.31 Å². The highest BCUT2D eigenvalue weighted by Crippen LogP contribution is 2.33. The van der Waals surface area contributed by atoms with Crippen LogP contribution in [0.15, 0.2) is 29.2 Å². The quantitative estimate of drug-likeness (QED) is 0.633.